The largest absolute Gasteiger partial charge is 0.388 e. The van der Waals surface area contributed by atoms with Crippen molar-refractivity contribution < 1.29 is 9.90 Å². The summed E-state index contributed by atoms with van der Waals surface area (Å²) < 4.78 is 0. The van der Waals surface area contributed by atoms with Crippen LogP contribution in [0.1, 0.15) is 32.8 Å². The van der Waals surface area contributed by atoms with E-state index in [2.05, 4.69) is 12.1 Å². The number of β-amino-alcohol motifs (C(OH)–C–C–N with tert-alkyl or cyclic N) is 1. The molecule has 0 aromatic heterocycles. The SMILES string of the molecule is CC1(C)CN(C(=O)CCSCc2ccccc2)CC1(C)O. The number of nitrogens with zero attached hydrogens (tertiary/aromatic N) is 1. The van der Waals surface area contributed by atoms with Crippen LogP contribution in [-0.4, -0.2) is 40.4 Å². The molecule has 1 heterocycles. The van der Waals surface area contributed by atoms with Crippen LogP contribution in [0.3, 0.4) is 0 Å². The molecule has 1 unspecified atom stereocenters. The van der Waals surface area contributed by atoms with Gasteiger partial charge in [-0.15, -0.1) is 0 Å². The highest BCUT2D eigenvalue weighted by Gasteiger charge is 2.48. The summed E-state index contributed by atoms with van der Waals surface area (Å²) in [7, 11) is 0. The molecule has 4 heteroatoms. The second-order valence-corrected chi connectivity index (χ2v) is 7.80. The summed E-state index contributed by atoms with van der Waals surface area (Å²) in [6.07, 6.45) is 0.545. The minimum Gasteiger partial charge on any atom is -0.388 e. The Hall–Kier alpha value is -1.00. The third kappa shape index (κ3) is 4.01. The third-order valence-electron chi connectivity index (χ3n) is 4.47. The first-order chi connectivity index (χ1) is 9.82. The van der Waals surface area contributed by atoms with E-state index >= 15 is 0 Å². The topological polar surface area (TPSA) is 40.5 Å². The monoisotopic (exact) mass is 307 g/mol. The molecule has 1 atom stereocenters. The molecule has 1 aromatic rings. The van der Waals surface area contributed by atoms with Crippen molar-refractivity contribution in [3.63, 3.8) is 0 Å². The maximum absolute atomic E-state index is 12.2. The normalized spacial score (nSPS) is 24.3. The number of hydrogen-bond acceptors (Lipinski definition) is 3. The molecule has 1 fully saturated rings. The predicted octanol–water partition coefficient (Wildman–Crippen LogP) is 2.93. The molecule has 1 aliphatic rings. The predicted molar refractivity (Wildman–Crippen MR) is 88.2 cm³/mol. The quantitative estimate of drug-likeness (QED) is 0.850. The lowest BCUT2D eigenvalue weighted by Gasteiger charge is -2.30. The van der Waals surface area contributed by atoms with Crippen LogP contribution in [-0.2, 0) is 10.5 Å². The molecule has 0 radical (unpaired) electrons. The van der Waals surface area contributed by atoms with Crippen molar-refractivity contribution in [3.05, 3.63) is 35.9 Å². The number of hydrogen-bond donors (Lipinski definition) is 1. The highest BCUT2D eigenvalue weighted by atomic mass is 32.2. The molecule has 1 amide bonds. The van der Waals surface area contributed by atoms with Crippen molar-refractivity contribution in [2.45, 2.75) is 38.5 Å². The third-order valence-corrected chi connectivity index (χ3v) is 5.50. The van der Waals surface area contributed by atoms with Crippen molar-refractivity contribution in [1.82, 2.24) is 4.90 Å². The number of carbonyl (C=O) groups is 1. The Morgan fingerprint density at radius 2 is 1.90 bits per heavy atom. The smallest absolute Gasteiger partial charge is 0.223 e. The molecule has 21 heavy (non-hydrogen) atoms. The van der Waals surface area contributed by atoms with Gasteiger partial charge >= 0.3 is 0 Å². The maximum Gasteiger partial charge on any atom is 0.223 e. The Labute approximate surface area is 131 Å². The van der Waals surface area contributed by atoms with E-state index in [1.807, 2.05) is 43.9 Å². The van der Waals surface area contributed by atoms with Crippen LogP contribution in [0.4, 0.5) is 0 Å². The lowest BCUT2D eigenvalue weighted by Crippen LogP contribution is -2.40. The van der Waals surface area contributed by atoms with Crippen molar-refractivity contribution >= 4 is 17.7 Å². The van der Waals surface area contributed by atoms with Crippen LogP contribution in [0.15, 0.2) is 30.3 Å². The summed E-state index contributed by atoms with van der Waals surface area (Å²) in [5.74, 6) is 1.92. The molecule has 2 rings (SSSR count). The van der Waals surface area contributed by atoms with E-state index in [4.69, 9.17) is 0 Å². The van der Waals surface area contributed by atoms with Gasteiger partial charge in [-0.25, -0.2) is 0 Å². The fourth-order valence-corrected chi connectivity index (χ4v) is 3.44. The standard InChI is InChI=1S/C17H25NO2S/c1-16(2)12-18(13-17(16,3)20)15(19)9-10-21-11-14-7-5-4-6-8-14/h4-8,20H,9-13H2,1-3H3. The van der Waals surface area contributed by atoms with Gasteiger partial charge in [0.05, 0.1) is 5.60 Å². The van der Waals surface area contributed by atoms with Gasteiger partial charge < -0.3 is 10.0 Å². The molecule has 116 valence electrons. The van der Waals surface area contributed by atoms with Gasteiger partial charge in [-0.05, 0) is 12.5 Å². The molecule has 3 nitrogen and oxygen atoms in total. The van der Waals surface area contributed by atoms with Gasteiger partial charge in [0, 0.05) is 36.4 Å². The first-order valence-corrected chi connectivity index (χ1v) is 8.59. The van der Waals surface area contributed by atoms with Crippen molar-refractivity contribution in [2.75, 3.05) is 18.8 Å². The average molecular weight is 307 g/mol. The number of amides is 1. The van der Waals surface area contributed by atoms with E-state index in [0.29, 0.717) is 19.5 Å². The van der Waals surface area contributed by atoms with Crippen molar-refractivity contribution in [1.29, 1.82) is 0 Å². The first-order valence-electron chi connectivity index (χ1n) is 7.44. The zero-order valence-electron chi connectivity index (χ0n) is 13.1. The number of benzene rings is 1. The summed E-state index contributed by atoms with van der Waals surface area (Å²) in [4.78, 5) is 14.0. The van der Waals surface area contributed by atoms with Gasteiger partial charge in [-0.3, -0.25) is 4.79 Å². The number of likely N-dealkylation sites (tertiary alicyclic amines) is 1. The van der Waals surface area contributed by atoms with Crippen LogP contribution in [0.2, 0.25) is 0 Å². The Bertz CT molecular complexity index is 469. The highest BCUT2D eigenvalue weighted by molar-refractivity contribution is 7.98. The lowest BCUT2D eigenvalue weighted by atomic mass is 9.79. The van der Waals surface area contributed by atoms with E-state index < -0.39 is 5.60 Å². The molecule has 0 bridgehead atoms. The first kappa shape index (κ1) is 16.4. The van der Waals surface area contributed by atoms with Crippen LogP contribution in [0.5, 0.6) is 0 Å². The van der Waals surface area contributed by atoms with E-state index in [0.717, 1.165) is 11.5 Å². The Balaban J connectivity index is 1.74. The number of thioether (sulfide) groups is 1. The highest BCUT2D eigenvalue weighted by Crippen LogP contribution is 2.38. The molecule has 0 aliphatic carbocycles. The van der Waals surface area contributed by atoms with Gasteiger partial charge in [0.15, 0.2) is 0 Å². The minimum absolute atomic E-state index is 0.154. The molecule has 1 N–H and O–H groups in total. The van der Waals surface area contributed by atoms with Crippen molar-refractivity contribution in [3.8, 4) is 0 Å². The summed E-state index contributed by atoms with van der Waals surface area (Å²) in [5.41, 5.74) is 0.264. The minimum atomic E-state index is -0.792. The van der Waals surface area contributed by atoms with Gasteiger partial charge in [-0.2, -0.15) is 11.8 Å². The van der Waals surface area contributed by atoms with Crippen LogP contribution in [0, 0.1) is 5.41 Å². The molecule has 0 saturated carbocycles. The van der Waals surface area contributed by atoms with Crippen molar-refractivity contribution in [2.24, 2.45) is 5.41 Å². The van der Waals surface area contributed by atoms with Crippen LogP contribution < -0.4 is 0 Å². The number of carbonyl (C=O) groups excluding carboxylic acids is 1. The molecule has 1 aromatic carbocycles. The van der Waals surface area contributed by atoms with Gasteiger partial charge in [-0.1, -0.05) is 44.2 Å². The zero-order valence-corrected chi connectivity index (χ0v) is 13.9. The summed E-state index contributed by atoms with van der Waals surface area (Å²) in [6, 6.07) is 10.3. The fourth-order valence-electron chi connectivity index (χ4n) is 2.55. The second-order valence-electron chi connectivity index (χ2n) is 6.70. The summed E-state index contributed by atoms with van der Waals surface area (Å²) >= 11 is 1.78. The molecule has 1 saturated heterocycles. The van der Waals surface area contributed by atoms with Crippen LogP contribution in [0.25, 0.3) is 0 Å². The van der Waals surface area contributed by atoms with E-state index in [1.54, 1.807) is 11.8 Å². The van der Waals surface area contributed by atoms with E-state index in [9.17, 15) is 9.90 Å². The molecular formula is C17H25NO2S. The number of aliphatic hydroxyl groups is 1. The van der Waals surface area contributed by atoms with Crippen LogP contribution >= 0.6 is 11.8 Å². The average Bonchev–Trinajstić information content (AvgIpc) is 2.65. The van der Waals surface area contributed by atoms with E-state index in [1.165, 1.54) is 5.56 Å². The number of rotatable bonds is 5. The zero-order chi connectivity index (χ0) is 15.5. The molecular weight excluding hydrogens is 282 g/mol. The van der Waals surface area contributed by atoms with Gasteiger partial charge in [0.2, 0.25) is 5.91 Å². The maximum atomic E-state index is 12.2. The van der Waals surface area contributed by atoms with E-state index in [-0.39, 0.29) is 11.3 Å². The summed E-state index contributed by atoms with van der Waals surface area (Å²) in [5, 5.41) is 10.4. The Kier molecular flexibility index (Phi) is 4.99. The lowest BCUT2D eigenvalue weighted by molar-refractivity contribution is -0.130. The molecule has 1 aliphatic heterocycles. The Morgan fingerprint density at radius 3 is 2.48 bits per heavy atom. The van der Waals surface area contributed by atoms with Gasteiger partial charge in [0.25, 0.3) is 0 Å². The summed E-state index contributed by atoms with van der Waals surface area (Å²) in [6.45, 7) is 6.95. The second kappa shape index (κ2) is 6.41. The Morgan fingerprint density at radius 1 is 1.24 bits per heavy atom. The van der Waals surface area contributed by atoms with Gasteiger partial charge in [0.1, 0.15) is 0 Å². The fraction of sp³-hybridized carbons (Fsp3) is 0.588. The molecule has 0 spiro atoms.